The molecule has 1 saturated carbocycles. The minimum atomic E-state index is -0.675. The summed E-state index contributed by atoms with van der Waals surface area (Å²) in [7, 11) is 1.85. The second-order valence-electron chi connectivity index (χ2n) is 12.8. The molecule has 1 aromatic carbocycles. The number of nitrogens with zero attached hydrogens (tertiary/aromatic N) is 1. The predicted octanol–water partition coefficient (Wildman–Crippen LogP) is 9.65. The number of ketones is 1. The zero-order valence-electron chi connectivity index (χ0n) is 28.1. The summed E-state index contributed by atoms with van der Waals surface area (Å²) in [5.41, 5.74) is 3.69. The van der Waals surface area contributed by atoms with Crippen molar-refractivity contribution in [2.75, 3.05) is 12.4 Å². The van der Waals surface area contributed by atoms with Gasteiger partial charge in [-0.3, -0.25) is 4.79 Å². The summed E-state index contributed by atoms with van der Waals surface area (Å²) in [6.07, 6.45) is 26.3. The van der Waals surface area contributed by atoms with E-state index in [1.165, 1.54) is 56.9 Å². The Balaban J connectivity index is 1.58. The predicted molar refractivity (Wildman–Crippen MR) is 185 cm³/mol. The standard InChI is InChI=1S/C39H58N2O3/c1-30(33(4)41-36-24-16-23-35(26-36)29-40)18-12-8-6-9-13-19-31(2)38(42)28-39(43)32(3)20-14-10-7-11-15-21-34-22-17-25-37(27-34)44-5/h6,8-9,12,16,18,20,23-24,26,31,33-34,37,39,41,43H,7,10-11,13-15,17,19,21-22,25,27-28H2,1-5H3/b9-6+,12-8+,30-18+,32-20+. The third kappa shape index (κ3) is 15.2. The second kappa shape index (κ2) is 21.7. The van der Waals surface area contributed by atoms with Crippen molar-refractivity contribution in [1.82, 2.24) is 0 Å². The van der Waals surface area contributed by atoms with Crippen LogP contribution in [0.3, 0.4) is 0 Å². The van der Waals surface area contributed by atoms with Crippen molar-refractivity contribution in [1.29, 1.82) is 5.26 Å². The van der Waals surface area contributed by atoms with Gasteiger partial charge >= 0.3 is 0 Å². The van der Waals surface area contributed by atoms with Gasteiger partial charge in [0.25, 0.3) is 0 Å². The summed E-state index contributed by atoms with van der Waals surface area (Å²) in [5, 5.41) is 23.1. The molecule has 5 heteroatoms. The highest BCUT2D eigenvalue weighted by Gasteiger charge is 2.21. The van der Waals surface area contributed by atoms with Crippen LogP contribution in [0.1, 0.15) is 117 Å². The number of allylic oxidation sites excluding steroid dienone is 6. The number of Topliss-reactive ketones (excluding diaryl/α,β-unsaturated/α-hetero) is 1. The number of rotatable bonds is 20. The lowest BCUT2D eigenvalue weighted by molar-refractivity contribution is -0.124. The maximum atomic E-state index is 12.7. The van der Waals surface area contributed by atoms with Gasteiger partial charge < -0.3 is 15.2 Å². The van der Waals surface area contributed by atoms with Crippen LogP contribution in [-0.2, 0) is 9.53 Å². The third-order valence-electron chi connectivity index (χ3n) is 9.11. The van der Waals surface area contributed by atoms with Crippen molar-refractivity contribution in [3.8, 4) is 6.07 Å². The van der Waals surface area contributed by atoms with Crippen molar-refractivity contribution >= 4 is 11.5 Å². The van der Waals surface area contributed by atoms with E-state index in [0.29, 0.717) is 11.7 Å². The summed E-state index contributed by atoms with van der Waals surface area (Å²) in [6.45, 7) is 8.09. The summed E-state index contributed by atoms with van der Waals surface area (Å²) >= 11 is 0. The highest BCUT2D eigenvalue weighted by Crippen LogP contribution is 2.30. The zero-order valence-corrected chi connectivity index (χ0v) is 28.1. The number of methoxy groups -OCH3 is 1. The van der Waals surface area contributed by atoms with E-state index in [0.717, 1.165) is 42.9 Å². The Hall–Kier alpha value is -2.94. The molecule has 2 N–H and O–H groups in total. The Morgan fingerprint density at radius 2 is 1.89 bits per heavy atom. The molecule has 44 heavy (non-hydrogen) atoms. The van der Waals surface area contributed by atoms with Crippen LogP contribution in [0, 0.1) is 23.2 Å². The molecule has 0 radical (unpaired) electrons. The minimum absolute atomic E-state index is 0.0667. The van der Waals surface area contributed by atoms with Gasteiger partial charge in [0.05, 0.1) is 23.8 Å². The van der Waals surface area contributed by atoms with Gasteiger partial charge in [0, 0.05) is 31.2 Å². The van der Waals surface area contributed by atoms with E-state index in [1.807, 2.05) is 57.4 Å². The summed E-state index contributed by atoms with van der Waals surface area (Å²) < 4.78 is 5.56. The van der Waals surface area contributed by atoms with Crippen molar-refractivity contribution in [2.24, 2.45) is 11.8 Å². The number of hydrogen-bond acceptors (Lipinski definition) is 5. The lowest BCUT2D eigenvalue weighted by Gasteiger charge is -2.28. The van der Waals surface area contributed by atoms with E-state index in [9.17, 15) is 9.90 Å². The fourth-order valence-corrected chi connectivity index (χ4v) is 5.81. The van der Waals surface area contributed by atoms with E-state index < -0.39 is 6.10 Å². The molecule has 1 aliphatic carbocycles. The first-order valence-corrected chi connectivity index (χ1v) is 16.9. The van der Waals surface area contributed by atoms with Crippen LogP contribution in [0.15, 0.2) is 71.9 Å². The van der Waals surface area contributed by atoms with Crippen molar-refractivity contribution in [2.45, 2.75) is 129 Å². The van der Waals surface area contributed by atoms with Crippen molar-refractivity contribution < 1.29 is 14.6 Å². The fourth-order valence-electron chi connectivity index (χ4n) is 5.81. The molecule has 5 nitrogen and oxygen atoms in total. The highest BCUT2D eigenvalue weighted by molar-refractivity contribution is 5.81. The van der Waals surface area contributed by atoms with Gasteiger partial charge in [-0.2, -0.15) is 5.26 Å². The molecular formula is C39H58N2O3. The summed E-state index contributed by atoms with van der Waals surface area (Å²) in [6, 6.07) is 9.81. The number of benzene rings is 1. The molecular weight excluding hydrogens is 544 g/mol. The van der Waals surface area contributed by atoms with Crippen LogP contribution in [0.25, 0.3) is 0 Å². The van der Waals surface area contributed by atoms with Crippen molar-refractivity contribution in [3.05, 3.63) is 77.4 Å². The van der Waals surface area contributed by atoms with Crippen LogP contribution < -0.4 is 5.32 Å². The highest BCUT2D eigenvalue weighted by atomic mass is 16.5. The van der Waals surface area contributed by atoms with Gasteiger partial charge in [-0.25, -0.2) is 0 Å². The first kappa shape index (κ1) is 37.2. The van der Waals surface area contributed by atoms with Gasteiger partial charge in [-0.1, -0.05) is 93.5 Å². The quantitative estimate of drug-likeness (QED) is 0.0882. The Labute approximate surface area is 268 Å². The van der Waals surface area contributed by atoms with E-state index in [4.69, 9.17) is 10.00 Å². The Morgan fingerprint density at radius 1 is 1.09 bits per heavy atom. The second-order valence-corrected chi connectivity index (χ2v) is 12.8. The molecule has 0 spiro atoms. The molecule has 0 amide bonds. The molecule has 0 aromatic heterocycles. The molecule has 0 saturated heterocycles. The maximum absolute atomic E-state index is 12.7. The van der Waals surface area contributed by atoms with Crippen LogP contribution in [0.5, 0.6) is 0 Å². The third-order valence-corrected chi connectivity index (χ3v) is 9.11. The molecule has 0 aliphatic heterocycles. The van der Waals surface area contributed by atoms with Gasteiger partial charge in [0.1, 0.15) is 5.78 Å². The van der Waals surface area contributed by atoms with E-state index in [1.54, 1.807) is 6.07 Å². The molecule has 1 aromatic rings. The summed E-state index contributed by atoms with van der Waals surface area (Å²) in [4.78, 5) is 12.7. The Kier molecular flexibility index (Phi) is 18.4. The Bertz CT molecular complexity index is 1140. The number of carbonyl (C=O) groups is 1. The Morgan fingerprint density at radius 3 is 2.66 bits per heavy atom. The van der Waals surface area contributed by atoms with Gasteiger partial charge in [-0.05, 0) is 89.0 Å². The topological polar surface area (TPSA) is 82.3 Å². The van der Waals surface area contributed by atoms with Crippen molar-refractivity contribution in [3.63, 3.8) is 0 Å². The van der Waals surface area contributed by atoms with Gasteiger partial charge in [-0.15, -0.1) is 0 Å². The van der Waals surface area contributed by atoms with Crippen LogP contribution in [0.4, 0.5) is 5.69 Å². The minimum Gasteiger partial charge on any atom is -0.388 e. The number of nitrogens with one attached hydrogen (secondary N) is 1. The molecule has 1 aliphatic rings. The van der Waals surface area contributed by atoms with Crippen LogP contribution in [-0.4, -0.2) is 36.2 Å². The molecule has 0 bridgehead atoms. The van der Waals surface area contributed by atoms with E-state index in [2.05, 4.69) is 43.5 Å². The number of hydrogen-bond donors (Lipinski definition) is 2. The van der Waals surface area contributed by atoms with Gasteiger partial charge in [0.2, 0.25) is 0 Å². The number of ether oxygens (including phenoxy) is 1. The number of aliphatic hydroxyl groups is 1. The number of unbranched alkanes of at least 4 members (excludes halogenated alkanes) is 4. The molecule has 5 unspecified atom stereocenters. The fraction of sp³-hybridized carbons (Fsp3) is 0.590. The van der Waals surface area contributed by atoms with Crippen LogP contribution in [0.2, 0.25) is 0 Å². The molecule has 2 rings (SSSR count). The number of carbonyl (C=O) groups excluding carboxylic acids is 1. The van der Waals surface area contributed by atoms with Gasteiger partial charge in [0.15, 0.2) is 0 Å². The summed E-state index contributed by atoms with van der Waals surface area (Å²) in [5.74, 6) is 0.909. The normalized spacial score (nSPS) is 20.0. The number of nitriles is 1. The molecule has 5 atom stereocenters. The first-order valence-electron chi connectivity index (χ1n) is 16.9. The lowest BCUT2D eigenvalue weighted by Crippen LogP contribution is -2.21. The number of anilines is 1. The first-order chi connectivity index (χ1) is 21.2. The largest absolute Gasteiger partial charge is 0.388 e. The zero-order chi connectivity index (χ0) is 32.2. The SMILES string of the molecule is COC1CCCC(CCCCCC/C=C(\C)C(O)CC(=O)C(C)CC/C=C/C=C/C=C(\C)C(C)Nc2cccc(C#N)c2)C1. The molecule has 0 heterocycles. The number of aliphatic hydroxyl groups excluding tert-OH is 1. The van der Waals surface area contributed by atoms with E-state index >= 15 is 0 Å². The molecule has 242 valence electrons. The average Bonchev–Trinajstić information content (AvgIpc) is 3.03. The molecule has 1 fully saturated rings. The smallest absolute Gasteiger partial charge is 0.138 e. The average molecular weight is 603 g/mol. The van der Waals surface area contributed by atoms with Crippen LogP contribution >= 0.6 is 0 Å². The lowest BCUT2D eigenvalue weighted by atomic mass is 9.84. The maximum Gasteiger partial charge on any atom is 0.138 e. The monoisotopic (exact) mass is 602 g/mol. The van der Waals surface area contributed by atoms with E-state index in [-0.39, 0.29) is 24.2 Å².